The molecule has 0 heterocycles. The van der Waals surface area contributed by atoms with Crippen LogP contribution >= 0.6 is 0 Å². The Hall–Kier alpha value is -2.41. The quantitative estimate of drug-likeness (QED) is 0.705. The summed E-state index contributed by atoms with van der Waals surface area (Å²) in [4.78, 5) is 37.8. The number of carbonyl (C=O) groups excluding carboxylic acids is 3. The molecule has 1 aromatic rings. The van der Waals surface area contributed by atoms with Crippen molar-refractivity contribution in [3.8, 4) is 0 Å². The molecule has 3 atom stereocenters. The van der Waals surface area contributed by atoms with E-state index in [0.29, 0.717) is 6.42 Å². The summed E-state index contributed by atoms with van der Waals surface area (Å²) in [5.74, 6) is -1.86. The standard InChI is InChI=1S/C22H32N2O5/c1-21(2,3)29-18(25)14-17(23)19(26)24-22(20(27)28-4)13-9-8-12-16(22)15-10-6-5-7-11-15/h5-7,10-11,16-17H,8-9,12-14,23H2,1-4H3,(H,24,26)/t16-,17+,22+/m1/s1. The van der Waals surface area contributed by atoms with E-state index in [4.69, 9.17) is 15.2 Å². The molecule has 160 valence electrons. The van der Waals surface area contributed by atoms with E-state index in [1.807, 2.05) is 30.3 Å². The average Bonchev–Trinajstić information content (AvgIpc) is 2.66. The van der Waals surface area contributed by atoms with E-state index in [-0.39, 0.29) is 12.3 Å². The van der Waals surface area contributed by atoms with Crippen molar-refractivity contribution in [2.24, 2.45) is 5.73 Å². The van der Waals surface area contributed by atoms with Crippen molar-refractivity contribution < 1.29 is 23.9 Å². The number of esters is 2. The molecular weight excluding hydrogens is 372 g/mol. The molecule has 0 spiro atoms. The Kier molecular flexibility index (Phi) is 7.41. The van der Waals surface area contributed by atoms with Crippen molar-refractivity contribution in [3.05, 3.63) is 35.9 Å². The molecule has 0 aliphatic heterocycles. The van der Waals surface area contributed by atoms with Crippen LogP contribution in [0.3, 0.4) is 0 Å². The normalized spacial score (nSPS) is 23.0. The summed E-state index contributed by atoms with van der Waals surface area (Å²) in [5.41, 5.74) is 5.06. The van der Waals surface area contributed by atoms with E-state index >= 15 is 0 Å². The lowest BCUT2D eigenvalue weighted by Crippen LogP contribution is -2.62. The van der Waals surface area contributed by atoms with E-state index in [1.165, 1.54) is 7.11 Å². The van der Waals surface area contributed by atoms with Crippen molar-refractivity contribution in [2.75, 3.05) is 7.11 Å². The second-order valence-corrected chi connectivity index (χ2v) is 8.56. The highest BCUT2D eigenvalue weighted by atomic mass is 16.6. The number of nitrogens with one attached hydrogen (secondary N) is 1. The predicted octanol–water partition coefficient (Wildman–Crippen LogP) is 2.43. The highest BCUT2D eigenvalue weighted by molar-refractivity contribution is 5.93. The van der Waals surface area contributed by atoms with Crippen LogP contribution in [0.5, 0.6) is 0 Å². The summed E-state index contributed by atoms with van der Waals surface area (Å²) in [6, 6.07) is 8.48. The van der Waals surface area contributed by atoms with Crippen molar-refractivity contribution >= 4 is 17.8 Å². The SMILES string of the molecule is COC(=O)[C@]1(NC(=O)[C@@H](N)CC(=O)OC(C)(C)C)CCCC[C@@H]1c1ccccc1. The summed E-state index contributed by atoms with van der Waals surface area (Å²) >= 11 is 0. The summed E-state index contributed by atoms with van der Waals surface area (Å²) in [7, 11) is 1.31. The van der Waals surface area contributed by atoms with Crippen molar-refractivity contribution in [3.63, 3.8) is 0 Å². The van der Waals surface area contributed by atoms with Gasteiger partial charge in [-0.25, -0.2) is 4.79 Å². The fourth-order valence-corrected chi connectivity index (χ4v) is 3.90. The topological polar surface area (TPSA) is 108 Å². The lowest BCUT2D eigenvalue weighted by Gasteiger charge is -2.43. The zero-order valence-corrected chi connectivity index (χ0v) is 17.7. The number of hydrogen-bond donors (Lipinski definition) is 2. The maximum Gasteiger partial charge on any atom is 0.332 e. The Morgan fingerprint density at radius 1 is 1.21 bits per heavy atom. The van der Waals surface area contributed by atoms with Gasteiger partial charge in [-0.15, -0.1) is 0 Å². The highest BCUT2D eigenvalue weighted by Crippen LogP contribution is 2.42. The maximum atomic E-state index is 12.9. The molecule has 0 unspecified atom stereocenters. The first kappa shape index (κ1) is 22.9. The predicted molar refractivity (Wildman–Crippen MR) is 109 cm³/mol. The molecule has 1 amide bonds. The van der Waals surface area contributed by atoms with Crippen LogP contribution in [0.4, 0.5) is 0 Å². The number of carbonyl (C=O) groups is 3. The number of benzene rings is 1. The lowest BCUT2D eigenvalue weighted by molar-refractivity contribution is -0.157. The van der Waals surface area contributed by atoms with Crippen molar-refractivity contribution in [1.82, 2.24) is 5.32 Å². The monoisotopic (exact) mass is 404 g/mol. The smallest absolute Gasteiger partial charge is 0.332 e. The zero-order valence-electron chi connectivity index (χ0n) is 17.7. The fraction of sp³-hybridized carbons (Fsp3) is 0.591. The molecule has 0 bridgehead atoms. The van der Waals surface area contributed by atoms with Crippen LogP contribution in [0.1, 0.15) is 64.4 Å². The number of methoxy groups -OCH3 is 1. The van der Waals surface area contributed by atoms with Gasteiger partial charge in [0, 0.05) is 5.92 Å². The van der Waals surface area contributed by atoms with Crippen LogP contribution in [0, 0.1) is 0 Å². The third kappa shape index (κ3) is 5.79. The van der Waals surface area contributed by atoms with E-state index in [9.17, 15) is 14.4 Å². The van der Waals surface area contributed by atoms with E-state index < -0.39 is 35.0 Å². The van der Waals surface area contributed by atoms with Gasteiger partial charge in [0.1, 0.15) is 11.1 Å². The third-order valence-corrected chi connectivity index (χ3v) is 5.15. The van der Waals surface area contributed by atoms with Crippen molar-refractivity contribution in [1.29, 1.82) is 0 Å². The molecule has 3 N–H and O–H groups in total. The summed E-state index contributed by atoms with van der Waals surface area (Å²) in [5, 5.41) is 2.85. The van der Waals surface area contributed by atoms with E-state index in [1.54, 1.807) is 20.8 Å². The molecule has 1 fully saturated rings. The van der Waals surface area contributed by atoms with Crippen LogP contribution in [-0.2, 0) is 23.9 Å². The Labute approximate surface area is 172 Å². The largest absolute Gasteiger partial charge is 0.467 e. The number of amides is 1. The zero-order chi connectivity index (χ0) is 21.7. The average molecular weight is 405 g/mol. The molecule has 0 radical (unpaired) electrons. The molecule has 7 nitrogen and oxygen atoms in total. The molecule has 7 heteroatoms. The Balaban J connectivity index is 2.23. The van der Waals surface area contributed by atoms with Crippen LogP contribution in [0.25, 0.3) is 0 Å². The molecule has 1 saturated carbocycles. The lowest BCUT2D eigenvalue weighted by atomic mass is 9.69. The molecule has 1 aliphatic rings. The van der Waals surface area contributed by atoms with Gasteiger partial charge in [-0.2, -0.15) is 0 Å². The minimum Gasteiger partial charge on any atom is -0.467 e. The van der Waals surface area contributed by atoms with Gasteiger partial charge in [-0.05, 0) is 39.2 Å². The third-order valence-electron chi connectivity index (χ3n) is 5.15. The number of rotatable bonds is 6. The minimum atomic E-state index is -1.21. The van der Waals surface area contributed by atoms with E-state index in [0.717, 1.165) is 24.8 Å². The second kappa shape index (κ2) is 9.39. The molecule has 1 aromatic carbocycles. The molecule has 1 aliphatic carbocycles. The first-order chi connectivity index (χ1) is 13.6. The van der Waals surface area contributed by atoms with Gasteiger partial charge in [-0.1, -0.05) is 43.2 Å². The first-order valence-corrected chi connectivity index (χ1v) is 10.0. The van der Waals surface area contributed by atoms with Gasteiger partial charge in [0.2, 0.25) is 5.91 Å². The molecule has 2 rings (SSSR count). The fourth-order valence-electron chi connectivity index (χ4n) is 3.90. The number of nitrogens with two attached hydrogens (primary N) is 1. The molecule has 0 aromatic heterocycles. The number of ether oxygens (including phenoxy) is 2. The van der Waals surface area contributed by atoms with E-state index in [2.05, 4.69) is 5.32 Å². The van der Waals surface area contributed by atoms with Gasteiger partial charge in [0.05, 0.1) is 19.6 Å². The van der Waals surface area contributed by atoms with Crippen LogP contribution in [0.2, 0.25) is 0 Å². The minimum absolute atomic E-state index is 0.234. The van der Waals surface area contributed by atoms with Crippen molar-refractivity contribution in [2.45, 2.75) is 76.0 Å². The Morgan fingerprint density at radius 3 is 2.45 bits per heavy atom. The molecule has 0 saturated heterocycles. The van der Waals surface area contributed by atoms with Crippen LogP contribution < -0.4 is 11.1 Å². The van der Waals surface area contributed by atoms with Gasteiger partial charge >= 0.3 is 11.9 Å². The van der Waals surface area contributed by atoms with Gasteiger partial charge in [-0.3, -0.25) is 9.59 Å². The van der Waals surface area contributed by atoms with Crippen LogP contribution in [0.15, 0.2) is 30.3 Å². The second-order valence-electron chi connectivity index (χ2n) is 8.56. The summed E-state index contributed by atoms with van der Waals surface area (Å²) < 4.78 is 10.3. The molecule has 29 heavy (non-hydrogen) atoms. The Bertz CT molecular complexity index is 728. The van der Waals surface area contributed by atoms with Crippen LogP contribution in [-0.4, -0.2) is 42.1 Å². The Morgan fingerprint density at radius 2 is 1.86 bits per heavy atom. The molecular formula is C22H32N2O5. The first-order valence-electron chi connectivity index (χ1n) is 10.0. The highest BCUT2D eigenvalue weighted by Gasteiger charge is 2.50. The van der Waals surface area contributed by atoms with Gasteiger partial charge < -0.3 is 20.5 Å². The van der Waals surface area contributed by atoms with Gasteiger partial charge in [0.15, 0.2) is 0 Å². The number of hydrogen-bond acceptors (Lipinski definition) is 6. The summed E-state index contributed by atoms with van der Waals surface area (Å²) in [6.07, 6.45) is 2.64. The van der Waals surface area contributed by atoms with Gasteiger partial charge in [0.25, 0.3) is 0 Å². The summed E-state index contributed by atoms with van der Waals surface area (Å²) in [6.45, 7) is 5.24. The maximum absolute atomic E-state index is 12.9.